The number of rotatable bonds is 3. The summed E-state index contributed by atoms with van der Waals surface area (Å²) < 4.78 is 0. The zero-order chi connectivity index (χ0) is 16.3. The molecule has 22 heavy (non-hydrogen) atoms. The second kappa shape index (κ2) is 6.73. The zero-order valence-electron chi connectivity index (χ0n) is 13.0. The SMILES string of the molecule is CC(C)(C)c1ccc(C(C#N)Cc2ccc(Cl)cc2Cl)cc1. The Bertz CT molecular complexity index is 691. The number of nitrogens with zero attached hydrogens (tertiary/aromatic N) is 1. The number of nitriles is 1. The molecule has 0 bridgehead atoms. The first-order valence-electron chi connectivity index (χ1n) is 7.25. The summed E-state index contributed by atoms with van der Waals surface area (Å²) in [4.78, 5) is 0. The fraction of sp³-hybridized carbons (Fsp3) is 0.316. The minimum atomic E-state index is -0.215. The van der Waals surface area contributed by atoms with Crippen molar-refractivity contribution in [3.8, 4) is 6.07 Å². The van der Waals surface area contributed by atoms with Gasteiger partial charge in [0.1, 0.15) is 0 Å². The molecule has 114 valence electrons. The van der Waals surface area contributed by atoms with Gasteiger partial charge in [0.2, 0.25) is 0 Å². The van der Waals surface area contributed by atoms with E-state index in [1.807, 2.05) is 18.2 Å². The first kappa shape index (κ1) is 16.9. The van der Waals surface area contributed by atoms with E-state index in [0.29, 0.717) is 16.5 Å². The van der Waals surface area contributed by atoms with E-state index in [9.17, 15) is 5.26 Å². The molecule has 0 spiro atoms. The highest BCUT2D eigenvalue weighted by atomic mass is 35.5. The monoisotopic (exact) mass is 331 g/mol. The Morgan fingerprint density at radius 1 is 1.05 bits per heavy atom. The highest BCUT2D eigenvalue weighted by molar-refractivity contribution is 6.35. The van der Waals surface area contributed by atoms with Gasteiger partial charge in [-0.25, -0.2) is 0 Å². The molecule has 2 aromatic carbocycles. The fourth-order valence-electron chi connectivity index (χ4n) is 2.36. The molecule has 0 saturated heterocycles. The second-order valence-corrected chi connectivity index (χ2v) is 7.34. The van der Waals surface area contributed by atoms with E-state index in [2.05, 4.69) is 39.0 Å². The molecule has 1 unspecified atom stereocenters. The van der Waals surface area contributed by atoms with Crippen molar-refractivity contribution in [2.24, 2.45) is 0 Å². The molecule has 3 heteroatoms. The van der Waals surface area contributed by atoms with Crippen LogP contribution < -0.4 is 0 Å². The van der Waals surface area contributed by atoms with Gasteiger partial charge in [0.15, 0.2) is 0 Å². The predicted octanol–water partition coefficient (Wildman–Crippen LogP) is 6.14. The summed E-state index contributed by atoms with van der Waals surface area (Å²) in [7, 11) is 0. The Balaban J connectivity index is 2.24. The third kappa shape index (κ3) is 4.03. The Kier molecular flexibility index (Phi) is 5.16. The van der Waals surface area contributed by atoms with E-state index in [1.165, 1.54) is 5.56 Å². The molecule has 0 saturated carbocycles. The molecule has 0 aromatic heterocycles. The van der Waals surface area contributed by atoms with Crippen LogP contribution in [-0.2, 0) is 11.8 Å². The smallest absolute Gasteiger partial charge is 0.0753 e. The van der Waals surface area contributed by atoms with Gasteiger partial charge in [-0.1, -0.05) is 74.3 Å². The molecular formula is C19H19Cl2N. The lowest BCUT2D eigenvalue weighted by atomic mass is 9.85. The van der Waals surface area contributed by atoms with Gasteiger partial charge in [-0.2, -0.15) is 5.26 Å². The molecule has 0 amide bonds. The van der Waals surface area contributed by atoms with Crippen molar-refractivity contribution in [1.82, 2.24) is 0 Å². The van der Waals surface area contributed by atoms with Crippen molar-refractivity contribution in [3.63, 3.8) is 0 Å². The molecule has 0 aliphatic carbocycles. The van der Waals surface area contributed by atoms with Gasteiger partial charge in [0.05, 0.1) is 12.0 Å². The van der Waals surface area contributed by atoms with Crippen molar-refractivity contribution in [2.45, 2.75) is 38.5 Å². The van der Waals surface area contributed by atoms with E-state index >= 15 is 0 Å². The normalized spacial score (nSPS) is 12.7. The Morgan fingerprint density at radius 3 is 2.18 bits per heavy atom. The topological polar surface area (TPSA) is 23.8 Å². The Morgan fingerprint density at radius 2 is 1.68 bits per heavy atom. The number of benzene rings is 2. The molecule has 0 fully saturated rings. The molecule has 1 atom stereocenters. The average molecular weight is 332 g/mol. The van der Waals surface area contributed by atoms with Gasteiger partial charge >= 0.3 is 0 Å². The maximum absolute atomic E-state index is 9.50. The number of hydrogen-bond donors (Lipinski definition) is 0. The van der Waals surface area contributed by atoms with Crippen molar-refractivity contribution in [2.75, 3.05) is 0 Å². The highest BCUT2D eigenvalue weighted by Gasteiger charge is 2.17. The zero-order valence-corrected chi connectivity index (χ0v) is 14.5. The van der Waals surface area contributed by atoms with Gasteiger partial charge in [-0.3, -0.25) is 0 Å². The molecule has 0 heterocycles. The average Bonchev–Trinajstić information content (AvgIpc) is 2.46. The van der Waals surface area contributed by atoms with Crippen LogP contribution in [0.1, 0.15) is 43.4 Å². The lowest BCUT2D eigenvalue weighted by molar-refractivity contribution is 0.590. The van der Waals surface area contributed by atoms with E-state index < -0.39 is 0 Å². The summed E-state index contributed by atoms with van der Waals surface area (Å²) in [5.74, 6) is -0.215. The van der Waals surface area contributed by atoms with E-state index in [-0.39, 0.29) is 11.3 Å². The van der Waals surface area contributed by atoms with Gasteiger partial charge in [0.25, 0.3) is 0 Å². The van der Waals surface area contributed by atoms with Crippen molar-refractivity contribution in [3.05, 3.63) is 69.2 Å². The van der Waals surface area contributed by atoms with Gasteiger partial charge in [-0.05, 0) is 40.7 Å². The third-order valence-corrected chi connectivity index (χ3v) is 4.36. The summed E-state index contributed by atoms with van der Waals surface area (Å²) in [6.45, 7) is 6.53. The molecule has 1 nitrogen and oxygen atoms in total. The summed E-state index contributed by atoms with van der Waals surface area (Å²) in [5.41, 5.74) is 3.33. The predicted molar refractivity (Wildman–Crippen MR) is 93.7 cm³/mol. The molecule has 2 aromatic rings. The van der Waals surface area contributed by atoms with Crippen LogP contribution in [0.2, 0.25) is 10.0 Å². The van der Waals surface area contributed by atoms with Crippen molar-refractivity contribution >= 4 is 23.2 Å². The Labute approximate surface area is 142 Å². The molecule has 2 rings (SSSR count). The standard InChI is InChI=1S/C19H19Cl2N/c1-19(2,3)16-7-4-13(5-8-16)15(12-22)10-14-6-9-17(20)11-18(14)21/h4-9,11,15H,10H2,1-3H3. The van der Waals surface area contributed by atoms with Crippen LogP contribution in [0.5, 0.6) is 0 Å². The van der Waals surface area contributed by atoms with Crippen LogP contribution in [0, 0.1) is 11.3 Å². The van der Waals surface area contributed by atoms with Gasteiger partial charge in [0, 0.05) is 10.0 Å². The van der Waals surface area contributed by atoms with E-state index in [0.717, 1.165) is 11.1 Å². The summed E-state index contributed by atoms with van der Waals surface area (Å²) >= 11 is 12.1. The minimum absolute atomic E-state index is 0.111. The maximum Gasteiger partial charge on any atom is 0.0753 e. The largest absolute Gasteiger partial charge is 0.198 e. The lowest BCUT2D eigenvalue weighted by Gasteiger charge is -2.20. The number of halogens is 2. The molecule has 0 aliphatic rings. The summed E-state index contributed by atoms with van der Waals surface area (Å²) in [6.07, 6.45) is 0.585. The quantitative estimate of drug-likeness (QED) is 0.662. The lowest BCUT2D eigenvalue weighted by Crippen LogP contribution is -2.11. The fourth-order valence-corrected chi connectivity index (χ4v) is 2.85. The third-order valence-electron chi connectivity index (χ3n) is 3.77. The number of hydrogen-bond acceptors (Lipinski definition) is 1. The summed E-state index contributed by atoms with van der Waals surface area (Å²) in [5, 5.41) is 10.7. The van der Waals surface area contributed by atoms with E-state index in [4.69, 9.17) is 23.2 Å². The molecule has 0 radical (unpaired) electrons. The van der Waals surface area contributed by atoms with E-state index in [1.54, 1.807) is 12.1 Å². The first-order chi connectivity index (χ1) is 10.3. The maximum atomic E-state index is 9.50. The van der Waals surface area contributed by atoms with Crippen molar-refractivity contribution < 1.29 is 0 Å². The molecule has 0 aliphatic heterocycles. The first-order valence-corrected chi connectivity index (χ1v) is 8.01. The van der Waals surface area contributed by atoms with Crippen LogP contribution in [0.15, 0.2) is 42.5 Å². The van der Waals surface area contributed by atoms with Crippen LogP contribution in [0.25, 0.3) is 0 Å². The van der Waals surface area contributed by atoms with Crippen LogP contribution in [-0.4, -0.2) is 0 Å². The van der Waals surface area contributed by atoms with Gasteiger partial charge < -0.3 is 0 Å². The minimum Gasteiger partial charge on any atom is -0.198 e. The van der Waals surface area contributed by atoms with Crippen LogP contribution in [0.4, 0.5) is 0 Å². The molecule has 0 N–H and O–H groups in total. The van der Waals surface area contributed by atoms with Crippen LogP contribution in [0.3, 0.4) is 0 Å². The Hall–Kier alpha value is -1.49. The van der Waals surface area contributed by atoms with Crippen LogP contribution >= 0.6 is 23.2 Å². The summed E-state index contributed by atoms with van der Waals surface area (Å²) in [6, 6.07) is 16.1. The second-order valence-electron chi connectivity index (χ2n) is 6.49. The highest BCUT2D eigenvalue weighted by Crippen LogP contribution is 2.29. The van der Waals surface area contributed by atoms with Gasteiger partial charge in [-0.15, -0.1) is 0 Å². The van der Waals surface area contributed by atoms with Crippen molar-refractivity contribution in [1.29, 1.82) is 5.26 Å². The molecular weight excluding hydrogens is 313 g/mol.